The van der Waals surface area contributed by atoms with Gasteiger partial charge in [0, 0.05) is 24.8 Å². The van der Waals surface area contributed by atoms with Crippen LogP contribution in [0, 0.1) is 6.92 Å². The van der Waals surface area contributed by atoms with Crippen LogP contribution in [0.4, 0.5) is 11.8 Å². The van der Waals surface area contributed by atoms with E-state index in [2.05, 4.69) is 15.3 Å². The van der Waals surface area contributed by atoms with Gasteiger partial charge >= 0.3 is 0 Å². The predicted octanol–water partition coefficient (Wildman–Crippen LogP) is 0.527. The lowest BCUT2D eigenvalue weighted by atomic mass is 10.2. The molecular weight excluding hydrogens is 218 g/mol. The van der Waals surface area contributed by atoms with Crippen LogP contribution in [0.3, 0.4) is 0 Å². The van der Waals surface area contributed by atoms with Gasteiger partial charge in [-0.05, 0) is 20.8 Å². The van der Waals surface area contributed by atoms with Crippen LogP contribution in [-0.2, 0) is 4.79 Å². The van der Waals surface area contributed by atoms with E-state index in [0.29, 0.717) is 5.95 Å². The monoisotopic (exact) mass is 237 g/mol. The highest BCUT2D eigenvalue weighted by molar-refractivity contribution is 5.79. The summed E-state index contributed by atoms with van der Waals surface area (Å²) < 4.78 is 0. The topological polar surface area (TPSA) is 84.1 Å². The maximum Gasteiger partial charge on any atom is 0.237 e. The van der Waals surface area contributed by atoms with Crippen LogP contribution < -0.4 is 16.0 Å². The molecule has 0 unspecified atom stereocenters. The number of primary amides is 1. The SMILES string of the molecule is CNc1ncc(C)c(N(CC(N)=O)C(C)C)n1. The normalized spacial score (nSPS) is 10.4. The predicted molar refractivity (Wildman–Crippen MR) is 68.0 cm³/mol. The molecule has 0 aliphatic heterocycles. The van der Waals surface area contributed by atoms with Gasteiger partial charge < -0.3 is 16.0 Å². The molecule has 0 saturated heterocycles. The van der Waals surface area contributed by atoms with Crippen LogP contribution in [0.25, 0.3) is 0 Å². The zero-order valence-corrected chi connectivity index (χ0v) is 10.7. The van der Waals surface area contributed by atoms with E-state index in [9.17, 15) is 4.79 Å². The molecule has 1 amide bonds. The molecule has 0 radical (unpaired) electrons. The molecule has 0 atom stereocenters. The zero-order valence-electron chi connectivity index (χ0n) is 10.7. The molecule has 0 spiro atoms. The number of hydrogen-bond acceptors (Lipinski definition) is 5. The van der Waals surface area contributed by atoms with E-state index in [4.69, 9.17) is 5.73 Å². The Morgan fingerprint density at radius 1 is 1.59 bits per heavy atom. The smallest absolute Gasteiger partial charge is 0.237 e. The zero-order chi connectivity index (χ0) is 13.0. The molecule has 3 N–H and O–H groups in total. The number of nitrogens with two attached hydrogens (primary N) is 1. The number of hydrogen-bond donors (Lipinski definition) is 2. The standard InChI is InChI=1S/C11H19N5O/c1-7(2)16(6-9(12)17)10-8(3)5-14-11(13-4)15-10/h5,7H,6H2,1-4H3,(H2,12,17)(H,13,14,15). The van der Waals surface area contributed by atoms with Crippen molar-refractivity contribution in [2.24, 2.45) is 5.73 Å². The first-order valence-electron chi connectivity index (χ1n) is 5.52. The molecule has 0 bridgehead atoms. The Balaban J connectivity index is 3.12. The Bertz CT molecular complexity index is 405. The van der Waals surface area contributed by atoms with Gasteiger partial charge in [-0.3, -0.25) is 4.79 Å². The second-order valence-electron chi connectivity index (χ2n) is 4.14. The molecule has 17 heavy (non-hydrogen) atoms. The first-order chi connectivity index (χ1) is 7.95. The van der Waals surface area contributed by atoms with Crippen molar-refractivity contribution < 1.29 is 4.79 Å². The van der Waals surface area contributed by atoms with Crippen molar-refractivity contribution in [3.05, 3.63) is 11.8 Å². The minimum Gasteiger partial charge on any atom is -0.368 e. The van der Waals surface area contributed by atoms with Crippen molar-refractivity contribution in [2.45, 2.75) is 26.8 Å². The minimum absolute atomic E-state index is 0.140. The average Bonchev–Trinajstić information content (AvgIpc) is 2.26. The first kappa shape index (κ1) is 13.2. The number of nitrogens with one attached hydrogen (secondary N) is 1. The van der Waals surface area contributed by atoms with Crippen LogP contribution in [0.15, 0.2) is 6.20 Å². The van der Waals surface area contributed by atoms with Crippen molar-refractivity contribution in [3.63, 3.8) is 0 Å². The van der Waals surface area contributed by atoms with Crippen molar-refractivity contribution in [2.75, 3.05) is 23.8 Å². The van der Waals surface area contributed by atoms with Gasteiger partial charge in [0.2, 0.25) is 11.9 Å². The number of amides is 1. The summed E-state index contributed by atoms with van der Waals surface area (Å²) in [6.07, 6.45) is 1.73. The van der Waals surface area contributed by atoms with Gasteiger partial charge in [0.05, 0.1) is 6.54 Å². The van der Waals surface area contributed by atoms with Gasteiger partial charge in [0.1, 0.15) is 5.82 Å². The van der Waals surface area contributed by atoms with Crippen molar-refractivity contribution in [3.8, 4) is 0 Å². The largest absolute Gasteiger partial charge is 0.368 e. The van der Waals surface area contributed by atoms with Gasteiger partial charge in [-0.2, -0.15) is 4.98 Å². The maximum atomic E-state index is 11.1. The Labute approximate surface area is 101 Å². The number of aryl methyl sites for hydroxylation is 1. The highest BCUT2D eigenvalue weighted by atomic mass is 16.1. The van der Waals surface area contributed by atoms with Crippen LogP contribution >= 0.6 is 0 Å². The Kier molecular flexibility index (Phi) is 4.25. The summed E-state index contributed by atoms with van der Waals surface area (Å²) in [6.45, 7) is 6.04. The lowest BCUT2D eigenvalue weighted by Gasteiger charge is -2.27. The fraction of sp³-hybridized carbons (Fsp3) is 0.545. The van der Waals surface area contributed by atoms with E-state index in [-0.39, 0.29) is 18.5 Å². The summed E-state index contributed by atoms with van der Waals surface area (Å²) in [5, 5.41) is 2.88. The average molecular weight is 237 g/mol. The molecule has 0 aromatic carbocycles. The molecule has 0 aliphatic carbocycles. The van der Waals surface area contributed by atoms with Gasteiger partial charge in [-0.15, -0.1) is 0 Å². The fourth-order valence-electron chi connectivity index (χ4n) is 1.51. The molecule has 1 rings (SSSR count). The molecular formula is C11H19N5O. The van der Waals surface area contributed by atoms with E-state index in [1.165, 1.54) is 0 Å². The van der Waals surface area contributed by atoms with Crippen LogP contribution in [0.2, 0.25) is 0 Å². The first-order valence-corrected chi connectivity index (χ1v) is 5.52. The third-order valence-electron chi connectivity index (χ3n) is 2.39. The van der Waals surface area contributed by atoms with Crippen LogP contribution in [0.5, 0.6) is 0 Å². The molecule has 1 heterocycles. The van der Waals surface area contributed by atoms with Crippen molar-refractivity contribution >= 4 is 17.7 Å². The van der Waals surface area contributed by atoms with Gasteiger partial charge in [-0.25, -0.2) is 4.98 Å². The summed E-state index contributed by atoms with van der Waals surface area (Å²) >= 11 is 0. The molecule has 0 aliphatic rings. The summed E-state index contributed by atoms with van der Waals surface area (Å²) in [7, 11) is 1.75. The van der Waals surface area contributed by atoms with Crippen molar-refractivity contribution in [1.82, 2.24) is 9.97 Å². The van der Waals surface area contributed by atoms with E-state index >= 15 is 0 Å². The van der Waals surface area contributed by atoms with Gasteiger partial charge in [0.15, 0.2) is 0 Å². The lowest BCUT2D eigenvalue weighted by molar-refractivity contribution is -0.116. The number of aromatic nitrogens is 2. The Morgan fingerprint density at radius 3 is 2.71 bits per heavy atom. The molecule has 1 aromatic rings. The number of carbonyl (C=O) groups is 1. The van der Waals surface area contributed by atoms with E-state index < -0.39 is 0 Å². The molecule has 0 fully saturated rings. The maximum absolute atomic E-state index is 11.1. The van der Waals surface area contributed by atoms with Crippen LogP contribution in [0.1, 0.15) is 19.4 Å². The molecule has 6 heteroatoms. The van der Waals surface area contributed by atoms with E-state index in [1.54, 1.807) is 13.2 Å². The van der Waals surface area contributed by atoms with E-state index in [1.807, 2.05) is 25.7 Å². The van der Waals surface area contributed by atoms with Crippen molar-refractivity contribution in [1.29, 1.82) is 0 Å². The molecule has 0 saturated carbocycles. The van der Waals surface area contributed by atoms with Crippen LogP contribution in [-0.4, -0.2) is 35.5 Å². The summed E-state index contributed by atoms with van der Waals surface area (Å²) in [5.41, 5.74) is 6.17. The second-order valence-corrected chi connectivity index (χ2v) is 4.14. The third-order valence-corrected chi connectivity index (χ3v) is 2.39. The van der Waals surface area contributed by atoms with Gasteiger partial charge in [-0.1, -0.05) is 0 Å². The quantitative estimate of drug-likeness (QED) is 0.780. The summed E-state index contributed by atoms with van der Waals surface area (Å²) in [4.78, 5) is 21.4. The van der Waals surface area contributed by atoms with E-state index in [0.717, 1.165) is 11.4 Å². The lowest BCUT2D eigenvalue weighted by Crippen LogP contribution is -2.39. The summed E-state index contributed by atoms with van der Waals surface area (Å²) in [5.74, 6) is 0.890. The highest BCUT2D eigenvalue weighted by Gasteiger charge is 2.17. The van der Waals surface area contributed by atoms with Gasteiger partial charge in [0.25, 0.3) is 0 Å². The number of anilines is 2. The number of nitrogens with zero attached hydrogens (tertiary/aromatic N) is 3. The minimum atomic E-state index is -0.372. The Hall–Kier alpha value is -1.85. The molecule has 6 nitrogen and oxygen atoms in total. The Morgan fingerprint density at radius 2 is 2.24 bits per heavy atom. The molecule has 94 valence electrons. The molecule has 1 aromatic heterocycles. The second kappa shape index (κ2) is 5.47. The summed E-state index contributed by atoms with van der Waals surface area (Å²) in [6, 6.07) is 0.140. The number of carbonyl (C=O) groups excluding carboxylic acids is 1. The highest BCUT2D eigenvalue weighted by Crippen LogP contribution is 2.19. The number of rotatable bonds is 5. The third kappa shape index (κ3) is 3.30. The fourth-order valence-corrected chi connectivity index (χ4v) is 1.51.